The summed E-state index contributed by atoms with van der Waals surface area (Å²) in [6.07, 6.45) is 2.86. The van der Waals surface area contributed by atoms with Gasteiger partial charge in [0.15, 0.2) is 0 Å². The number of carboxylic acid groups (broad SMARTS) is 1. The Morgan fingerprint density at radius 1 is 1.09 bits per heavy atom. The van der Waals surface area contributed by atoms with Crippen molar-refractivity contribution in [3.05, 3.63) is 53.1 Å². The van der Waals surface area contributed by atoms with Gasteiger partial charge in [0.1, 0.15) is 10.6 Å². The summed E-state index contributed by atoms with van der Waals surface area (Å²) in [6, 6.07) is 11.0. The molecule has 178 valence electrons. The number of aliphatic carboxylic acids is 1. The van der Waals surface area contributed by atoms with Crippen molar-refractivity contribution in [1.82, 2.24) is 9.21 Å². The minimum atomic E-state index is -3.79. The van der Waals surface area contributed by atoms with Crippen LogP contribution in [0.15, 0.2) is 41.3 Å². The highest BCUT2D eigenvalue weighted by molar-refractivity contribution is 7.89. The number of carboxylic acids is 1. The first-order valence-corrected chi connectivity index (χ1v) is 12.8. The molecule has 1 fully saturated rings. The standard InChI is InChI=1S/C24H31N3O5S/c1-17-4-7-23(22(28)13-17)33(31,32)27-15-18-5-6-21(14-19(18)16-27)25-20-8-11-26(12-9-20)10-2-3-24(29)30/h4-7,13-14,20,25,28H,2-3,8-12,15-16H2,1H3,(H,29,30). The highest BCUT2D eigenvalue weighted by Gasteiger charge is 2.32. The molecular weight excluding hydrogens is 442 g/mol. The zero-order chi connectivity index (χ0) is 23.6. The summed E-state index contributed by atoms with van der Waals surface area (Å²) in [5.74, 6) is -0.965. The number of benzene rings is 2. The Balaban J connectivity index is 1.35. The smallest absolute Gasteiger partial charge is 0.303 e. The summed E-state index contributed by atoms with van der Waals surface area (Å²) in [4.78, 5) is 12.9. The zero-order valence-electron chi connectivity index (χ0n) is 18.8. The molecule has 9 heteroatoms. The van der Waals surface area contributed by atoms with Gasteiger partial charge in [0.2, 0.25) is 10.0 Å². The van der Waals surface area contributed by atoms with Crippen molar-refractivity contribution in [2.75, 3.05) is 25.0 Å². The van der Waals surface area contributed by atoms with Gasteiger partial charge in [-0.25, -0.2) is 8.42 Å². The summed E-state index contributed by atoms with van der Waals surface area (Å²) < 4.78 is 27.6. The van der Waals surface area contributed by atoms with E-state index in [2.05, 4.69) is 10.2 Å². The summed E-state index contributed by atoms with van der Waals surface area (Å²) in [7, 11) is -3.79. The van der Waals surface area contributed by atoms with E-state index in [9.17, 15) is 18.3 Å². The molecular formula is C24H31N3O5S. The summed E-state index contributed by atoms with van der Waals surface area (Å²) >= 11 is 0. The van der Waals surface area contributed by atoms with Gasteiger partial charge in [-0.15, -0.1) is 0 Å². The molecule has 1 saturated heterocycles. The van der Waals surface area contributed by atoms with Gasteiger partial charge in [0.25, 0.3) is 0 Å². The fourth-order valence-electron chi connectivity index (χ4n) is 4.60. The van der Waals surface area contributed by atoms with E-state index in [0.717, 1.165) is 54.9 Å². The molecule has 4 rings (SSSR count). The molecule has 2 aromatic rings. The van der Waals surface area contributed by atoms with Gasteiger partial charge in [-0.3, -0.25) is 4.79 Å². The molecule has 2 aliphatic heterocycles. The first-order valence-electron chi connectivity index (χ1n) is 11.3. The first-order chi connectivity index (χ1) is 15.7. The van der Waals surface area contributed by atoms with E-state index in [1.807, 2.05) is 18.2 Å². The Labute approximate surface area is 194 Å². The number of phenols is 1. The molecule has 8 nitrogen and oxygen atoms in total. The molecule has 0 bridgehead atoms. The first kappa shape index (κ1) is 23.5. The number of sulfonamides is 1. The zero-order valence-corrected chi connectivity index (χ0v) is 19.6. The quantitative estimate of drug-likeness (QED) is 0.540. The molecule has 0 radical (unpaired) electrons. The van der Waals surface area contributed by atoms with E-state index < -0.39 is 16.0 Å². The van der Waals surface area contributed by atoms with Crippen molar-refractivity contribution in [1.29, 1.82) is 0 Å². The van der Waals surface area contributed by atoms with Crippen molar-refractivity contribution in [3.63, 3.8) is 0 Å². The third kappa shape index (κ3) is 5.48. The molecule has 2 heterocycles. The number of likely N-dealkylation sites (tertiary alicyclic amines) is 1. The SMILES string of the molecule is Cc1ccc(S(=O)(=O)N2Cc3ccc(NC4CCN(CCCC(=O)O)CC4)cc3C2)c(O)c1. The van der Waals surface area contributed by atoms with Crippen molar-refractivity contribution >= 4 is 21.7 Å². The number of hydrogen-bond acceptors (Lipinski definition) is 6. The molecule has 0 aliphatic carbocycles. The van der Waals surface area contributed by atoms with Crippen LogP contribution in [0.2, 0.25) is 0 Å². The lowest BCUT2D eigenvalue weighted by Crippen LogP contribution is -2.39. The Morgan fingerprint density at radius 3 is 2.52 bits per heavy atom. The Morgan fingerprint density at radius 2 is 1.82 bits per heavy atom. The van der Waals surface area contributed by atoms with Crippen LogP contribution >= 0.6 is 0 Å². The van der Waals surface area contributed by atoms with Crippen LogP contribution in [0.1, 0.15) is 42.4 Å². The molecule has 0 saturated carbocycles. The number of carbonyl (C=O) groups is 1. The lowest BCUT2D eigenvalue weighted by molar-refractivity contribution is -0.137. The summed E-state index contributed by atoms with van der Waals surface area (Å²) in [5.41, 5.74) is 3.73. The number of piperidine rings is 1. The van der Waals surface area contributed by atoms with Crippen LogP contribution < -0.4 is 5.32 Å². The molecule has 0 atom stereocenters. The van der Waals surface area contributed by atoms with E-state index in [1.54, 1.807) is 13.0 Å². The van der Waals surface area contributed by atoms with Crippen LogP contribution in [-0.4, -0.2) is 59.5 Å². The normalized spacial score (nSPS) is 17.7. The number of fused-ring (bicyclic) bond motifs is 1. The predicted molar refractivity (Wildman–Crippen MR) is 126 cm³/mol. The lowest BCUT2D eigenvalue weighted by atomic mass is 10.0. The fraction of sp³-hybridized carbons (Fsp3) is 0.458. The van der Waals surface area contributed by atoms with Gasteiger partial charge in [-0.1, -0.05) is 12.1 Å². The van der Waals surface area contributed by atoms with E-state index in [1.165, 1.54) is 16.4 Å². The maximum Gasteiger partial charge on any atom is 0.303 e. The van der Waals surface area contributed by atoms with Gasteiger partial charge in [-0.05, 0) is 73.7 Å². The van der Waals surface area contributed by atoms with E-state index in [-0.39, 0.29) is 23.6 Å². The Hall–Kier alpha value is -2.62. The highest BCUT2D eigenvalue weighted by Crippen LogP contribution is 2.34. The number of nitrogens with one attached hydrogen (secondary N) is 1. The van der Waals surface area contributed by atoms with Gasteiger partial charge < -0.3 is 20.4 Å². The van der Waals surface area contributed by atoms with Crippen molar-refractivity contribution < 1.29 is 23.4 Å². The molecule has 0 aromatic heterocycles. The summed E-state index contributed by atoms with van der Waals surface area (Å²) in [5, 5.41) is 22.5. The molecule has 0 unspecified atom stereocenters. The molecule has 2 aliphatic rings. The second-order valence-electron chi connectivity index (χ2n) is 8.99. The highest BCUT2D eigenvalue weighted by atomic mass is 32.2. The largest absolute Gasteiger partial charge is 0.507 e. The third-order valence-corrected chi connectivity index (χ3v) is 8.29. The monoisotopic (exact) mass is 473 g/mol. The average Bonchev–Trinajstić information content (AvgIpc) is 3.19. The second-order valence-corrected chi connectivity index (χ2v) is 10.9. The van der Waals surface area contributed by atoms with Crippen LogP contribution in [0.3, 0.4) is 0 Å². The number of aromatic hydroxyl groups is 1. The number of aryl methyl sites for hydroxylation is 1. The van der Waals surface area contributed by atoms with Crippen LogP contribution in [0.4, 0.5) is 5.69 Å². The summed E-state index contributed by atoms with van der Waals surface area (Å²) in [6.45, 7) is 5.07. The minimum absolute atomic E-state index is 0.0608. The van der Waals surface area contributed by atoms with Crippen molar-refractivity contribution in [2.24, 2.45) is 0 Å². The average molecular weight is 474 g/mol. The number of hydrogen-bond donors (Lipinski definition) is 3. The topological polar surface area (TPSA) is 110 Å². The lowest BCUT2D eigenvalue weighted by Gasteiger charge is -2.32. The fourth-order valence-corrected chi connectivity index (χ4v) is 6.06. The Kier molecular flexibility index (Phi) is 6.92. The number of nitrogens with zero attached hydrogens (tertiary/aromatic N) is 2. The predicted octanol–water partition coefficient (Wildman–Crippen LogP) is 3.15. The molecule has 2 aromatic carbocycles. The molecule has 33 heavy (non-hydrogen) atoms. The third-order valence-electron chi connectivity index (χ3n) is 6.46. The van der Waals surface area contributed by atoms with Gasteiger partial charge in [0.05, 0.1) is 0 Å². The van der Waals surface area contributed by atoms with Crippen LogP contribution in [0, 0.1) is 6.92 Å². The molecule has 0 spiro atoms. The van der Waals surface area contributed by atoms with Crippen LogP contribution in [0.25, 0.3) is 0 Å². The van der Waals surface area contributed by atoms with Gasteiger partial charge in [-0.2, -0.15) is 4.31 Å². The van der Waals surface area contributed by atoms with E-state index in [0.29, 0.717) is 19.0 Å². The Bertz CT molecular complexity index is 1130. The van der Waals surface area contributed by atoms with Crippen LogP contribution in [0.5, 0.6) is 5.75 Å². The van der Waals surface area contributed by atoms with E-state index >= 15 is 0 Å². The minimum Gasteiger partial charge on any atom is -0.507 e. The van der Waals surface area contributed by atoms with Crippen molar-refractivity contribution in [2.45, 2.75) is 56.6 Å². The molecule has 3 N–H and O–H groups in total. The van der Waals surface area contributed by atoms with Crippen LogP contribution in [-0.2, 0) is 27.9 Å². The van der Waals surface area contributed by atoms with Crippen molar-refractivity contribution in [3.8, 4) is 5.75 Å². The number of anilines is 1. The maximum atomic E-state index is 13.1. The number of rotatable bonds is 8. The van der Waals surface area contributed by atoms with E-state index in [4.69, 9.17) is 5.11 Å². The maximum absolute atomic E-state index is 13.1. The molecule has 0 amide bonds. The number of phenolic OH excluding ortho intramolecular Hbond substituents is 1. The van der Waals surface area contributed by atoms with Gasteiger partial charge in [0, 0.05) is 44.3 Å². The van der Waals surface area contributed by atoms with Gasteiger partial charge >= 0.3 is 5.97 Å². The second kappa shape index (κ2) is 9.70.